The zero-order chi connectivity index (χ0) is 12.1. The van der Waals surface area contributed by atoms with Gasteiger partial charge in [0.15, 0.2) is 0 Å². The van der Waals surface area contributed by atoms with E-state index in [1.54, 1.807) is 18.4 Å². The number of methoxy groups -OCH3 is 1. The molecule has 0 aliphatic carbocycles. The Labute approximate surface area is 106 Å². The molecule has 0 saturated heterocycles. The molecule has 0 fully saturated rings. The summed E-state index contributed by atoms with van der Waals surface area (Å²) >= 11 is 1.69. The monoisotopic (exact) mass is 248 g/mol. The van der Waals surface area contributed by atoms with Crippen molar-refractivity contribution in [2.45, 2.75) is 13.1 Å². The Bertz CT molecular complexity index is 456. The lowest BCUT2D eigenvalue weighted by Crippen LogP contribution is -2.17. The minimum Gasteiger partial charge on any atom is -0.496 e. The van der Waals surface area contributed by atoms with E-state index in [0.29, 0.717) is 0 Å². The van der Waals surface area contributed by atoms with Gasteiger partial charge in [-0.25, -0.2) is 0 Å². The van der Waals surface area contributed by atoms with Gasteiger partial charge < -0.3 is 4.74 Å². The molecule has 1 heterocycles. The van der Waals surface area contributed by atoms with Gasteiger partial charge in [0.05, 0.1) is 12.6 Å². The van der Waals surface area contributed by atoms with E-state index in [2.05, 4.69) is 23.0 Å². The molecule has 1 aromatic carbocycles. The van der Waals surface area contributed by atoms with E-state index >= 15 is 0 Å². The van der Waals surface area contributed by atoms with Crippen LogP contribution in [0.25, 0.3) is 0 Å². The smallest absolute Gasteiger partial charge is 0.123 e. The Morgan fingerprint density at radius 1 is 1.29 bits per heavy atom. The number of aromatic nitrogens is 1. The normalized spacial score (nSPS) is 10.8. The molecule has 4 heteroatoms. The Hall–Kier alpha value is -1.39. The second-order valence-electron chi connectivity index (χ2n) is 3.95. The molecule has 0 unspecified atom stereocenters. The van der Waals surface area contributed by atoms with Gasteiger partial charge in [-0.1, -0.05) is 18.2 Å². The molecule has 0 amide bonds. The topological polar surface area (TPSA) is 25.4 Å². The van der Waals surface area contributed by atoms with Gasteiger partial charge in [0, 0.05) is 29.7 Å². The number of hydrogen-bond acceptors (Lipinski definition) is 4. The molecule has 17 heavy (non-hydrogen) atoms. The molecule has 0 aliphatic rings. The molecule has 0 aliphatic heterocycles. The van der Waals surface area contributed by atoms with Crippen LogP contribution in [0.1, 0.15) is 10.4 Å². The fraction of sp³-hybridized carbons (Fsp3) is 0.308. The second-order valence-corrected chi connectivity index (χ2v) is 4.92. The Morgan fingerprint density at radius 2 is 2.12 bits per heavy atom. The Kier molecular flexibility index (Phi) is 4.12. The van der Waals surface area contributed by atoms with Crippen LogP contribution < -0.4 is 4.74 Å². The number of para-hydroxylation sites is 1. The van der Waals surface area contributed by atoms with Crippen LogP contribution in [-0.2, 0) is 13.1 Å². The van der Waals surface area contributed by atoms with Crippen molar-refractivity contribution >= 4 is 11.3 Å². The number of nitrogens with zero attached hydrogens (tertiary/aromatic N) is 2. The van der Waals surface area contributed by atoms with Crippen LogP contribution in [0.5, 0.6) is 5.75 Å². The highest BCUT2D eigenvalue weighted by Gasteiger charge is 2.06. The standard InChI is InChI=1S/C13H16N2OS/c1-15(9-12-7-14-10-17-12)8-11-5-3-4-6-13(11)16-2/h3-7,10H,8-9H2,1-2H3. The summed E-state index contributed by atoms with van der Waals surface area (Å²) in [4.78, 5) is 7.62. The molecule has 2 rings (SSSR count). The minimum atomic E-state index is 0.877. The molecule has 0 bridgehead atoms. The average Bonchev–Trinajstić information content (AvgIpc) is 2.82. The molecule has 3 nitrogen and oxygen atoms in total. The largest absolute Gasteiger partial charge is 0.496 e. The van der Waals surface area contributed by atoms with Crippen molar-refractivity contribution in [3.05, 3.63) is 46.4 Å². The Morgan fingerprint density at radius 3 is 2.82 bits per heavy atom. The first-order chi connectivity index (χ1) is 8.29. The lowest BCUT2D eigenvalue weighted by atomic mass is 10.2. The number of thiazole rings is 1. The number of hydrogen-bond donors (Lipinski definition) is 0. The maximum absolute atomic E-state index is 5.35. The van der Waals surface area contributed by atoms with Gasteiger partial charge in [0.2, 0.25) is 0 Å². The molecule has 0 atom stereocenters. The summed E-state index contributed by atoms with van der Waals surface area (Å²) in [5.41, 5.74) is 3.08. The van der Waals surface area contributed by atoms with Crippen molar-refractivity contribution in [1.82, 2.24) is 9.88 Å². The zero-order valence-corrected chi connectivity index (χ0v) is 10.9. The fourth-order valence-electron chi connectivity index (χ4n) is 1.77. The summed E-state index contributed by atoms with van der Waals surface area (Å²) in [6.07, 6.45) is 1.92. The molecule has 90 valence electrons. The molecular weight excluding hydrogens is 232 g/mol. The van der Waals surface area contributed by atoms with Crippen molar-refractivity contribution < 1.29 is 4.74 Å². The van der Waals surface area contributed by atoms with Gasteiger partial charge in [-0.3, -0.25) is 9.88 Å². The van der Waals surface area contributed by atoms with Crippen LogP contribution in [0.3, 0.4) is 0 Å². The van der Waals surface area contributed by atoms with Gasteiger partial charge in [0.1, 0.15) is 5.75 Å². The summed E-state index contributed by atoms with van der Waals surface area (Å²) < 4.78 is 5.35. The van der Waals surface area contributed by atoms with Crippen LogP contribution in [0, 0.1) is 0 Å². The van der Waals surface area contributed by atoms with Crippen LogP contribution in [0.4, 0.5) is 0 Å². The summed E-state index contributed by atoms with van der Waals surface area (Å²) in [6.45, 7) is 1.80. The van der Waals surface area contributed by atoms with Gasteiger partial charge in [-0.15, -0.1) is 11.3 Å². The van der Waals surface area contributed by atoms with E-state index in [0.717, 1.165) is 18.8 Å². The van der Waals surface area contributed by atoms with Crippen molar-refractivity contribution in [3.8, 4) is 5.75 Å². The highest BCUT2D eigenvalue weighted by molar-refractivity contribution is 7.09. The quantitative estimate of drug-likeness (QED) is 0.813. The van der Waals surface area contributed by atoms with Crippen molar-refractivity contribution in [3.63, 3.8) is 0 Å². The SMILES string of the molecule is COc1ccccc1CN(C)Cc1cncs1. The zero-order valence-electron chi connectivity index (χ0n) is 10.1. The van der Waals surface area contributed by atoms with Crippen LogP contribution in [0.15, 0.2) is 36.0 Å². The molecule has 0 N–H and O–H groups in total. The highest BCUT2D eigenvalue weighted by atomic mass is 32.1. The summed E-state index contributed by atoms with van der Waals surface area (Å²) in [5.74, 6) is 0.948. The lowest BCUT2D eigenvalue weighted by Gasteiger charge is -2.17. The first-order valence-corrected chi connectivity index (χ1v) is 6.35. The van der Waals surface area contributed by atoms with Crippen molar-refractivity contribution in [2.75, 3.05) is 14.2 Å². The second kappa shape index (κ2) is 5.80. The van der Waals surface area contributed by atoms with Crippen LogP contribution in [0.2, 0.25) is 0 Å². The molecule has 0 saturated carbocycles. The van der Waals surface area contributed by atoms with Gasteiger partial charge >= 0.3 is 0 Å². The predicted octanol–water partition coefficient (Wildman–Crippen LogP) is 2.78. The van der Waals surface area contributed by atoms with Crippen LogP contribution in [-0.4, -0.2) is 24.0 Å². The molecule has 1 aromatic heterocycles. The summed E-state index contributed by atoms with van der Waals surface area (Å²) in [6, 6.07) is 8.13. The molecule has 0 radical (unpaired) electrons. The van der Waals surface area contributed by atoms with Crippen LogP contribution >= 0.6 is 11.3 Å². The van der Waals surface area contributed by atoms with E-state index in [1.165, 1.54) is 10.4 Å². The van der Waals surface area contributed by atoms with Crippen molar-refractivity contribution in [1.29, 1.82) is 0 Å². The number of ether oxygens (including phenoxy) is 1. The average molecular weight is 248 g/mol. The van der Waals surface area contributed by atoms with Crippen molar-refractivity contribution in [2.24, 2.45) is 0 Å². The fourth-order valence-corrected chi connectivity index (χ4v) is 2.44. The molecule has 0 spiro atoms. The third-order valence-corrected chi connectivity index (χ3v) is 3.31. The van der Waals surface area contributed by atoms with Gasteiger partial charge in [-0.2, -0.15) is 0 Å². The van der Waals surface area contributed by atoms with E-state index < -0.39 is 0 Å². The molecule has 2 aromatic rings. The first kappa shape index (κ1) is 12.1. The van der Waals surface area contributed by atoms with E-state index in [1.807, 2.05) is 29.9 Å². The first-order valence-electron chi connectivity index (χ1n) is 5.47. The Balaban J connectivity index is 2.00. The maximum atomic E-state index is 5.35. The predicted molar refractivity (Wildman–Crippen MR) is 70.3 cm³/mol. The van der Waals surface area contributed by atoms with Gasteiger partial charge in [-0.05, 0) is 13.1 Å². The minimum absolute atomic E-state index is 0.877. The number of rotatable bonds is 5. The van der Waals surface area contributed by atoms with Gasteiger partial charge in [0.25, 0.3) is 0 Å². The van der Waals surface area contributed by atoms with E-state index in [-0.39, 0.29) is 0 Å². The highest BCUT2D eigenvalue weighted by Crippen LogP contribution is 2.19. The van der Waals surface area contributed by atoms with E-state index in [4.69, 9.17) is 4.74 Å². The number of benzene rings is 1. The third kappa shape index (κ3) is 3.28. The summed E-state index contributed by atoms with van der Waals surface area (Å²) in [7, 11) is 3.81. The molecular formula is C13H16N2OS. The lowest BCUT2D eigenvalue weighted by molar-refractivity contribution is 0.312. The maximum Gasteiger partial charge on any atom is 0.123 e. The summed E-state index contributed by atoms with van der Waals surface area (Å²) in [5, 5.41) is 0. The van der Waals surface area contributed by atoms with E-state index in [9.17, 15) is 0 Å². The third-order valence-electron chi connectivity index (χ3n) is 2.54.